The molecule has 1 atom stereocenters. The van der Waals surface area contributed by atoms with Crippen molar-refractivity contribution < 1.29 is 29.0 Å². The number of amides is 2. The number of nitrogens with two attached hydrogens (primary N) is 1. The molecule has 0 aliphatic heterocycles. The summed E-state index contributed by atoms with van der Waals surface area (Å²) in [5.41, 5.74) is 4.60. The van der Waals surface area contributed by atoms with E-state index in [0.717, 1.165) is 44.9 Å². The Morgan fingerprint density at radius 2 is 1.54 bits per heavy atom. The maximum Gasteiger partial charge on any atom is 0.407 e. The third-order valence-corrected chi connectivity index (χ3v) is 3.96. The van der Waals surface area contributed by atoms with Crippen LogP contribution in [0, 0.1) is 0 Å². The number of carbonyl (C=O) groups excluding carboxylic acids is 2. The second-order valence-electron chi connectivity index (χ2n) is 8.04. The first kappa shape index (κ1) is 26.2. The van der Waals surface area contributed by atoms with Crippen LogP contribution in [0.3, 0.4) is 0 Å². The molecule has 8 heteroatoms. The zero-order valence-corrected chi connectivity index (χ0v) is 17.6. The van der Waals surface area contributed by atoms with Gasteiger partial charge in [-0.1, -0.05) is 32.1 Å². The van der Waals surface area contributed by atoms with Gasteiger partial charge in [0.2, 0.25) is 5.91 Å². The summed E-state index contributed by atoms with van der Waals surface area (Å²) in [6.45, 7) is 6.25. The van der Waals surface area contributed by atoms with E-state index >= 15 is 0 Å². The summed E-state index contributed by atoms with van der Waals surface area (Å²) in [5.74, 6) is -1.15. The van der Waals surface area contributed by atoms with Crippen LogP contribution in [0.15, 0.2) is 0 Å². The molecule has 0 aromatic carbocycles. The smallest absolute Gasteiger partial charge is 0.407 e. The fourth-order valence-corrected chi connectivity index (χ4v) is 2.58. The van der Waals surface area contributed by atoms with Gasteiger partial charge in [-0.3, -0.25) is 9.59 Å². The van der Waals surface area contributed by atoms with Gasteiger partial charge in [-0.05, 0) is 40.0 Å². The number of ether oxygens (including phenoxy) is 2. The number of nitrogens with one attached hydrogen (secondary N) is 1. The normalized spacial score (nSPS) is 12.4. The third kappa shape index (κ3) is 18.9. The molecule has 0 aromatic rings. The molecule has 0 saturated carbocycles. The molecule has 0 radical (unpaired) electrons. The first-order valence-electron chi connectivity index (χ1n) is 10.2. The molecule has 0 rings (SSSR count). The summed E-state index contributed by atoms with van der Waals surface area (Å²) in [6.07, 6.45) is 7.22. The molecular formula is C20H38N2O6. The van der Waals surface area contributed by atoms with Gasteiger partial charge in [0.15, 0.2) is 0 Å². The average molecular weight is 403 g/mol. The summed E-state index contributed by atoms with van der Waals surface area (Å²) in [7, 11) is 0. The largest absolute Gasteiger partial charge is 0.481 e. The lowest BCUT2D eigenvalue weighted by Gasteiger charge is -2.23. The maximum atomic E-state index is 11.9. The van der Waals surface area contributed by atoms with Gasteiger partial charge in [0.25, 0.3) is 0 Å². The van der Waals surface area contributed by atoms with E-state index in [0.29, 0.717) is 19.6 Å². The Bertz CT molecular complexity index is 462. The number of carbonyl (C=O) groups is 3. The summed E-state index contributed by atoms with van der Waals surface area (Å²) in [4.78, 5) is 33.3. The highest BCUT2D eigenvalue weighted by molar-refractivity contribution is 5.74. The Balaban J connectivity index is 3.87. The average Bonchev–Trinajstić information content (AvgIpc) is 2.55. The summed E-state index contributed by atoms with van der Waals surface area (Å²) in [5, 5.41) is 11.3. The number of alkyl carbamates (subject to hydrolysis) is 1. The number of carboxylic acids is 1. The molecule has 28 heavy (non-hydrogen) atoms. The molecule has 0 aliphatic carbocycles. The zero-order valence-electron chi connectivity index (χ0n) is 17.6. The van der Waals surface area contributed by atoms with Crippen LogP contribution in [0.4, 0.5) is 4.79 Å². The number of hydrogen-bond acceptors (Lipinski definition) is 5. The Hall–Kier alpha value is -1.83. The lowest BCUT2D eigenvalue weighted by molar-refractivity contribution is -0.137. The zero-order chi connectivity index (χ0) is 21.4. The number of unbranched alkanes of at least 4 members (excludes halogenated alkanes) is 6. The molecule has 8 nitrogen and oxygen atoms in total. The summed E-state index contributed by atoms with van der Waals surface area (Å²) >= 11 is 0. The first-order valence-corrected chi connectivity index (χ1v) is 10.2. The van der Waals surface area contributed by atoms with Crippen molar-refractivity contribution in [3.63, 3.8) is 0 Å². The molecule has 0 spiro atoms. The summed E-state index contributed by atoms with van der Waals surface area (Å²) < 4.78 is 10.9. The van der Waals surface area contributed by atoms with Crippen molar-refractivity contribution in [1.29, 1.82) is 0 Å². The van der Waals surface area contributed by atoms with Crippen LogP contribution >= 0.6 is 0 Å². The minimum Gasteiger partial charge on any atom is -0.481 e. The Labute approximate surface area is 168 Å². The Morgan fingerprint density at radius 1 is 0.964 bits per heavy atom. The molecule has 0 saturated heterocycles. The maximum absolute atomic E-state index is 11.9. The molecule has 0 fully saturated rings. The van der Waals surface area contributed by atoms with Crippen molar-refractivity contribution in [1.82, 2.24) is 5.32 Å². The molecule has 0 bridgehead atoms. The van der Waals surface area contributed by atoms with Crippen LogP contribution in [0.1, 0.15) is 85.0 Å². The van der Waals surface area contributed by atoms with Crippen LogP contribution in [0.2, 0.25) is 0 Å². The van der Waals surface area contributed by atoms with Crippen molar-refractivity contribution in [3.8, 4) is 0 Å². The number of hydrogen-bond donors (Lipinski definition) is 3. The fourth-order valence-electron chi connectivity index (χ4n) is 2.58. The lowest BCUT2D eigenvalue weighted by Crippen LogP contribution is -2.42. The number of primary amides is 1. The van der Waals surface area contributed by atoms with Gasteiger partial charge in [0.05, 0.1) is 12.6 Å². The predicted octanol–water partition coefficient (Wildman–Crippen LogP) is 3.37. The van der Waals surface area contributed by atoms with Gasteiger partial charge in [-0.15, -0.1) is 0 Å². The van der Waals surface area contributed by atoms with E-state index in [2.05, 4.69) is 5.32 Å². The molecule has 2 amide bonds. The Kier molecular flexibility index (Phi) is 14.1. The van der Waals surface area contributed by atoms with Crippen LogP contribution in [0.5, 0.6) is 0 Å². The van der Waals surface area contributed by atoms with E-state index in [-0.39, 0.29) is 18.9 Å². The van der Waals surface area contributed by atoms with Crippen LogP contribution in [-0.2, 0) is 19.1 Å². The first-order chi connectivity index (χ1) is 13.1. The quantitative estimate of drug-likeness (QED) is 0.340. The molecule has 0 aromatic heterocycles. The lowest BCUT2D eigenvalue weighted by atomic mass is 10.1. The summed E-state index contributed by atoms with van der Waals surface area (Å²) in [6, 6.07) is -0.323. The van der Waals surface area contributed by atoms with Gasteiger partial charge in [0.1, 0.15) is 5.60 Å². The van der Waals surface area contributed by atoms with E-state index in [4.69, 9.17) is 20.3 Å². The Morgan fingerprint density at radius 3 is 2.07 bits per heavy atom. The second-order valence-corrected chi connectivity index (χ2v) is 8.04. The molecule has 164 valence electrons. The van der Waals surface area contributed by atoms with Crippen molar-refractivity contribution in [2.75, 3.05) is 13.2 Å². The highest BCUT2D eigenvalue weighted by Gasteiger charge is 2.20. The number of carboxylic acid groups (broad SMARTS) is 1. The van der Waals surface area contributed by atoms with Crippen molar-refractivity contribution in [3.05, 3.63) is 0 Å². The molecule has 0 heterocycles. The topological polar surface area (TPSA) is 128 Å². The standard InChI is InChI=1S/C20H38N2O6/c1-20(2,3)28-19(26)22-16(12-13-17(21)23)15-27-14-10-8-6-4-5-7-9-11-18(24)25/h16H,4-15H2,1-3H3,(H2,21,23)(H,22,26)(H,24,25)/t16-/m0/s1. The van der Waals surface area contributed by atoms with Crippen LogP contribution in [-0.4, -0.2) is 47.9 Å². The van der Waals surface area contributed by atoms with E-state index in [1.165, 1.54) is 0 Å². The van der Waals surface area contributed by atoms with Gasteiger partial charge in [0, 0.05) is 19.4 Å². The van der Waals surface area contributed by atoms with Crippen molar-refractivity contribution >= 4 is 18.0 Å². The van der Waals surface area contributed by atoms with Gasteiger partial charge in [-0.25, -0.2) is 4.79 Å². The van der Waals surface area contributed by atoms with Crippen molar-refractivity contribution in [2.45, 2.75) is 96.6 Å². The van der Waals surface area contributed by atoms with Crippen LogP contribution < -0.4 is 11.1 Å². The minimum absolute atomic E-state index is 0.172. The number of rotatable bonds is 16. The van der Waals surface area contributed by atoms with E-state index < -0.39 is 23.6 Å². The second kappa shape index (κ2) is 15.1. The monoisotopic (exact) mass is 402 g/mol. The number of aliphatic carboxylic acids is 1. The van der Waals surface area contributed by atoms with Gasteiger partial charge in [-0.2, -0.15) is 0 Å². The SMILES string of the molecule is CC(C)(C)OC(=O)N[C@@H](CCC(N)=O)COCCCCCCCCCC(=O)O. The van der Waals surface area contributed by atoms with E-state index in [9.17, 15) is 14.4 Å². The molecule has 0 aliphatic rings. The van der Waals surface area contributed by atoms with E-state index in [1.807, 2.05) is 0 Å². The third-order valence-electron chi connectivity index (χ3n) is 3.96. The van der Waals surface area contributed by atoms with E-state index in [1.54, 1.807) is 20.8 Å². The minimum atomic E-state index is -0.729. The molecule has 0 unspecified atom stereocenters. The van der Waals surface area contributed by atoms with Crippen molar-refractivity contribution in [2.24, 2.45) is 5.73 Å². The highest BCUT2D eigenvalue weighted by atomic mass is 16.6. The van der Waals surface area contributed by atoms with Gasteiger partial charge < -0.3 is 25.6 Å². The predicted molar refractivity (Wildman–Crippen MR) is 107 cm³/mol. The van der Waals surface area contributed by atoms with Crippen LogP contribution in [0.25, 0.3) is 0 Å². The molecular weight excluding hydrogens is 364 g/mol. The molecule has 4 N–H and O–H groups in total. The fraction of sp³-hybridized carbons (Fsp3) is 0.850. The highest BCUT2D eigenvalue weighted by Crippen LogP contribution is 2.10. The van der Waals surface area contributed by atoms with Gasteiger partial charge >= 0.3 is 12.1 Å².